The van der Waals surface area contributed by atoms with Crippen molar-refractivity contribution in [2.24, 2.45) is 0 Å². The molecule has 0 amide bonds. The van der Waals surface area contributed by atoms with E-state index in [0.29, 0.717) is 0 Å². The van der Waals surface area contributed by atoms with Crippen molar-refractivity contribution in [3.63, 3.8) is 0 Å². The quantitative estimate of drug-likeness (QED) is 0.496. The third kappa shape index (κ3) is 1.09. The fourth-order valence-corrected chi connectivity index (χ4v) is 1.21. The number of nitrogens with zero attached hydrogens (tertiary/aromatic N) is 1. The normalized spacial score (nSPS) is 10.3. The minimum absolute atomic E-state index is 1.23. The first kappa shape index (κ1) is 6.35. The van der Waals surface area contributed by atoms with Gasteiger partial charge >= 0.3 is 0 Å². The predicted molar refractivity (Wildman–Crippen MR) is 44.3 cm³/mol. The zero-order chi connectivity index (χ0) is 7.68. The van der Waals surface area contributed by atoms with Crippen LogP contribution in [0.25, 0.3) is 5.52 Å². The zero-order valence-electron chi connectivity index (χ0n) is 6.49. The Bertz CT molecular complexity index is 379. The van der Waals surface area contributed by atoms with Crippen LogP contribution in [-0.4, -0.2) is 0 Å². The number of rotatable bonds is 0. The summed E-state index contributed by atoms with van der Waals surface area (Å²) in [7, 11) is 0. The van der Waals surface area contributed by atoms with Crippen LogP contribution < -0.4 is 4.40 Å². The second kappa shape index (κ2) is 2.35. The lowest BCUT2D eigenvalue weighted by atomic mass is 10.3. The average Bonchev–Trinajstić information content (AvgIpc) is 2.04. The summed E-state index contributed by atoms with van der Waals surface area (Å²) < 4.78 is 2.12. The minimum Gasteiger partial charge on any atom is -0.167 e. The van der Waals surface area contributed by atoms with E-state index in [1.807, 2.05) is 12.1 Å². The molecule has 0 aliphatic heterocycles. The highest BCUT2D eigenvalue weighted by Gasteiger charge is 1.97. The molecule has 2 heterocycles. The van der Waals surface area contributed by atoms with Crippen molar-refractivity contribution < 1.29 is 4.40 Å². The van der Waals surface area contributed by atoms with Gasteiger partial charge in [0.2, 0.25) is 5.52 Å². The van der Waals surface area contributed by atoms with Crippen LogP contribution in [0.1, 0.15) is 5.56 Å². The second-order valence-corrected chi connectivity index (χ2v) is 2.74. The number of fused-ring (bicyclic) bond motifs is 1. The summed E-state index contributed by atoms with van der Waals surface area (Å²) >= 11 is 0. The number of hydrogen-bond donors (Lipinski definition) is 0. The van der Waals surface area contributed by atoms with Crippen LogP contribution in [0.3, 0.4) is 0 Å². The Labute approximate surface area is 65.9 Å². The summed E-state index contributed by atoms with van der Waals surface area (Å²) in [6.07, 6.45) is 4.18. The smallest absolute Gasteiger partial charge is 0.167 e. The molecule has 0 unspecified atom stereocenters. The van der Waals surface area contributed by atoms with Gasteiger partial charge in [-0.05, 0) is 19.1 Å². The van der Waals surface area contributed by atoms with E-state index in [1.165, 1.54) is 11.1 Å². The van der Waals surface area contributed by atoms with Gasteiger partial charge < -0.3 is 0 Å². The summed E-state index contributed by atoms with van der Waals surface area (Å²) in [6, 6.07) is 10.4. The van der Waals surface area contributed by atoms with Crippen molar-refractivity contribution in [3.05, 3.63) is 48.3 Å². The highest BCUT2D eigenvalue weighted by molar-refractivity contribution is 5.38. The van der Waals surface area contributed by atoms with Gasteiger partial charge in [0.25, 0.3) is 0 Å². The van der Waals surface area contributed by atoms with E-state index in [4.69, 9.17) is 0 Å². The molecule has 11 heavy (non-hydrogen) atoms. The first-order chi connectivity index (χ1) is 5.36. The van der Waals surface area contributed by atoms with Crippen LogP contribution in [0, 0.1) is 6.92 Å². The van der Waals surface area contributed by atoms with Crippen molar-refractivity contribution in [2.75, 3.05) is 0 Å². The molecule has 0 spiro atoms. The molecule has 0 radical (unpaired) electrons. The van der Waals surface area contributed by atoms with Crippen LogP contribution in [0.2, 0.25) is 0 Å². The van der Waals surface area contributed by atoms with E-state index < -0.39 is 0 Å². The number of aromatic nitrogens is 1. The molecule has 0 fully saturated rings. The summed E-state index contributed by atoms with van der Waals surface area (Å²) in [5, 5.41) is 0. The van der Waals surface area contributed by atoms with Crippen LogP contribution in [0.4, 0.5) is 0 Å². The maximum atomic E-state index is 2.12. The van der Waals surface area contributed by atoms with Crippen molar-refractivity contribution in [2.45, 2.75) is 6.92 Å². The van der Waals surface area contributed by atoms with Crippen molar-refractivity contribution in [1.82, 2.24) is 0 Å². The molecule has 0 aliphatic carbocycles. The van der Waals surface area contributed by atoms with Gasteiger partial charge in [-0.1, -0.05) is 0 Å². The molecule has 0 bridgehead atoms. The van der Waals surface area contributed by atoms with Crippen LogP contribution in [0.5, 0.6) is 0 Å². The first-order valence-corrected chi connectivity index (χ1v) is 3.73. The number of aryl methyl sites for hydroxylation is 1. The molecule has 0 N–H and O–H groups in total. The molecule has 0 aromatic carbocycles. The maximum Gasteiger partial charge on any atom is 0.210 e. The van der Waals surface area contributed by atoms with Crippen molar-refractivity contribution in [3.8, 4) is 0 Å². The molecule has 1 nitrogen and oxygen atoms in total. The van der Waals surface area contributed by atoms with Gasteiger partial charge in [0, 0.05) is 23.8 Å². The molecule has 0 saturated carbocycles. The Morgan fingerprint density at radius 2 is 2.00 bits per heavy atom. The monoisotopic (exact) mass is 144 g/mol. The third-order valence-electron chi connectivity index (χ3n) is 1.78. The van der Waals surface area contributed by atoms with Gasteiger partial charge in [0.15, 0.2) is 12.4 Å². The Morgan fingerprint density at radius 3 is 2.91 bits per heavy atom. The molecule has 0 saturated heterocycles. The Morgan fingerprint density at radius 1 is 1.09 bits per heavy atom. The average molecular weight is 144 g/mol. The summed E-state index contributed by atoms with van der Waals surface area (Å²) in [5.74, 6) is 0. The van der Waals surface area contributed by atoms with Gasteiger partial charge in [-0.3, -0.25) is 0 Å². The van der Waals surface area contributed by atoms with Gasteiger partial charge in [-0.25, -0.2) is 0 Å². The van der Waals surface area contributed by atoms with E-state index in [0.717, 1.165) is 0 Å². The fraction of sp³-hybridized carbons (Fsp3) is 0.100. The minimum atomic E-state index is 1.23. The number of pyridine rings is 2. The Kier molecular flexibility index (Phi) is 1.35. The third-order valence-corrected chi connectivity index (χ3v) is 1.78. The molecule has 0 atom stereocenters. The van der Waals surface area contributed by atoms with Gasteiger partial charge in [0.05, 0.1) is 0 Å². The molecule has 0 aliphatic rings. The maximum absolute atomic E-state index is 2.12. The lowest BCUT2D eigenvalue weighted by Crippen LogP contribution is -2.20. The molecule has 1 heteroatoms. The molecule has 2 aromatic heterocycles. The SMILES string of the molecule is Cc1ccc2cccc[n+]2c1. The van der Waals surface area contributed by atoms with Crippen LogP contribution >= 0.6 is 0 Å². The van der Waals surface area contributed by atoms with E-state index >= 15 is 0 Å². The molecule has 54 valence electrons. The van der Waals surface area contributed by atoms with E-state index in [9.17, 15) is 0 Å². The molecule has 2 rings (SSSR count). The first-order valence-electron chi connectivity index (χ1n) is 3.73. The fourth-order valence-electron chi connectivity index (χ4n) is 1.21. The highest BCUT2D eigenvalue weighted by Crippen LogP contribution is 1.97. The second-order valence-electron chi connectivity index (χ2n) is 2.74. The summed E-state index contributed by atoms with van der Waals surface area (Å²) in [4.78, 5) is 0. The zero-order valence-corrected chi connectivity index (χ0v) is 6.49. The predicted octanol–water partition coefficient (Wildman–Crippen LogP) is 1.73. The molecular weight excluding hydrogens is 134 g/mol. The van der Waals surface area contributed by atoms with E-state index in [2.05, 4.69) is 41.9 Å². The number of hydrogen-bond acceptors (Lipinski definition) is 0. The standard InChI is InChI=1S/C10H10N/c1-9-5-6-10-4-2-3-7-11(10)8-9/h2-8H,1H3/q+1. The van der Waals surface area contributed by atoms with Crippen molar-refractivity contribution in [1.29, 1.82) is 0 Å². The van der Waals surface area contributed by atoms with Gasteiger partial charge in [-0.15, -0.1) is 0 Å². The Balaban J connectivity index is 2.83. The summed E-state index contributed by atoms with van der Waals surface area (Å²) in [5.41, 5.74) is 2.52. The van der Waals surface area contributed by atoms with Gasteiger partial charge in [0.1, 0.15) is 0 Å². The molecular formula is C10H10N+. The Hall–Kier alpha value is -1.37. The lowest BCUT2D eigenvalue weighted by molar-refractivity contribution is -0.512. The van der Waals surface area contributed by atoms with Crippen LogP contribution in [-0.2, 0) is 0 Å². The lowest BCUT2D eigenvalue weighted by Gasteiger charge is -1.89. The van der Waals surface area contributed by atoms with E-state index in [1.54, 1.807) is 0 Å². The van der Waals surface area contributed by atoms with Crippen molar-refractivity contribution >= 4 is 5.52 Å². The van der Waals surface area contributed by atoms with Gasteiger partial charge in [-0.2, -0.15) is 4.40 Å². The highest BCUT2D eigenvalue weighted by atomic mass is 14.8. The van der Waals surface area contributed by atoms with Crippen LogP contribution in [0.15, 0.2) is 42.7 Å². The molecule has 2 aromatic rings. The van der Waals surface area contributed by atoms with E-state index in [-0.39, 0.29) is 0 Å². The topological polar surface area (TPSA) is 4.10 Å². The summed E-state index contributed by atoms with van der Waals surface area (Å²) in [6.45, 7) is 2.10. The largest absolute Gasteiger partial charge is 0.210 e.